The number of methoxy groups -OCH3 is 1. The van der Waals surface area contributed by atoms with Gasteiger partial charge in [0, 0.05) is 0 Å². The largest absolute Gasteiger partial charge is 0.497 e. The molecule has 8 nitrogen and oxygen atoms in total. The predicted octanol–water partition coefficient (Wildman–Crippen LogP) is 4.07. The molecule has 1 heterocycles. The quantitative estimate of drug-likeness (QED) is 0.395. The first-order chi connectivity index (χ1) is 17.8. The maximum atomic E-state index is 13.5. The van der Waals surface area contributed by atoms with E-state index in [0.29, 0.717) is 22.9 Å². The van der Waals surface area contributed by atoms with Crippen LogP contribution in [0.2, 0.25) is 0 Å². The second kappa shape index (κ2) is 11.1. The van der Waals surface area contributed by atoms with Crippen molar-refractivity contribution in [1.82, 2.24) is 19.7 Å². The van der Waals surface area contributed by atoms with E-state index in [1.54, 1.807) is 43.5 Å². The monoisotopic (exact) mass is 498 g/mol. The van der Waals surface area contributed by atoms with E-state index in [0.717, 1.165) is 20.4 Å². The molecule has 1 amide bonds. The van der Waals surface area contributed by atoms with Gasteiger partial charge in [-0.15, -0.1) is 0 Å². The average Bonchev–Trinajstić information content (AvgIpc) is 2.91. The van der Waals surface area contributed by atoms with Gasteiger partial charge in [0.25, 0.3) is 11.5 Å². The Labute approximate surface area is 215 Å². The van der Waals surface area contributed by atoms with Crippen molar-refractivity contribution in [2.75, 3.05) is 7.11 Å². The van der Waals surface area contributed by atoms with E-state index < -0.39 is 17.2 Å². The fraction of sp³-hybridized carbons (Fsp3) is 0.241. The molecule has 1 aromatic heterocycles. The maximum absolute atomic E-state index is 13.5. The van der Waals surface area contributed by atoms with Crippen molar-refractivity contribution in [3.63, 3.8) is 0 Å². The van der Waals surface area contributed by atoms with Crippen LogP contribution in [0.4, 0.5) is 0 Å². The minimum absolute atomic E-state index is 0.0457. The molecular formula is C29H30N4O4. The van der Waals surface area contributed by atoms with Gasteiger partial charge < -0.3 is 10.1 Å². The zero-order valence-corrected chi connectivity index (χ0v) is 21.3. The third-order valence-corrected chi connectivity index (χ3v) is 6.20. The number of hydrogen-bond acceptors (Lipinski definition) is 5. The van der Waals surface area contributed by atoms with Crippen molar-refractivity contribution in [1.29, 1.82) is 0 Å². The van der Waals surface area contributed by atoms with Crippen LogP contribution in [0.5, 0.6) is 5.75 Å². The second-order valence-corrected chi connectivity index (χ2v) is 9.14. The number of hydrogen-bond donors (Lipinski definition) is 1. The van der Waals surface area contributed by atoms with Gasteiger partial charge >= 0.3 is 5.69 Å². The molecule has 0 spiro atoms. The Morgan fingerprint density at radius 2 is 1.62 bits per heavy atom. The number of carbonyl (C=O) groups is 1. The van der Waals surface area contributed by atoms with Crippen LogP contribution in [0.25, 0.3) is 5.69 Å². The number of nitrogens with one attached hydrogen (secondary N) is 1. The Bertz CT molecular complexity index is 1510. The smallest absolute Gasteiger partial charge is 0.352 e. The van der Waals surface area contributed by atoms with Crippen LogP contribution in [0, 0.1) is 0 Å². The highest BCUT2D eigenvalue weighted by Crippen LogP contribution is 2.17. The van der Waals surface area contributed by atoms with Crippen molar-refractivity contribution < 1.29 is 9.53 Å². The summed E-state index contributed by atoms with van der Waals surface area (Å²) in [6, 6.07) is 23.5. The molecule has 0 aliphatic rings. The molecule has 0 fully saturated rings. The van der Waals surface area contributed by atoms with E-state index in [9.17, 15) is 14.4 Å². The molecule has 1 N–H and O–H groups in total. The van der Waals surface area contributed by atoms with Gasteiger partial charge in [-0.2, -0.15) is 9.78 Å². The average molecular weight is 499 g/mol. The lowest BCUT2D eigenvalue weighted by Crippen LogP contribution is -2.46. The lowest BCUT2D eigenvalue weighted by atomic mass is 10.0. The number of nitrogens with zero attached hydrogens (tertiary/aromatic N) is 3. The molecule has 4 rings (SSSR count). The van der Waals surface area contributed by atoms with Gasteiger partial charge in [0.2, 0.25) is 5.69 Å². The summed E-state index contributed by atoms with van der Waals surface area (Å²) in [5.74, 6) is 0.244. The van der Waals surface area contributed by atoms with Gasteiger partial charge in [0.1, 0.15) is 5.75 Å². The molecular weight excluding hydrogens is 468 g/mol. The number of aromatic nitrogens is 3. The topological polar surface area (TPSA) is 95.2 Å². The zero-order chi connectivity index (χ0) is 26.5. The van der Waals surface area contributed by atoms with Crippen LogP contribution in [0.3, 0.4) is 0 Å². The van der Waals surface area contributed by atoms with Crippen LogP contribution in [0.1, 0.15) is 59.9 Å². The number of amides is 1. The fourth-order valence-corrected chi connectivity index (χ4v) is 4.01. The number of ether oxygens (including phenoxy) is 1. The van der Waals surface area contributed by atoms with Gasteiger partial charge in [-0.3, -0.25) is 14.2 Å². The lowest BCUT2D eigenvalue weighted by molar-refractivity contribution is 0.0930. The molecule has 190 valence electrons. The first kappa shape index (κ1) is 25.6. The van der Waals surface area contributed by atoms with Crippen molar-refractivity contribution >= 4 is 5.91 Å². The SMILES string of the molecule is COc1cccc(Cn2c(=O)c(C(=O)NC(C)c3ccccc3)nn(-c3ccc(C(C)C)cc3)c2=O)c1. The Balaban J connectivity index is 1.80. The summed E-state index contributed by atoms with van der Waals surface area (Å²) < 4.78 is 7.41. The molecule has 4 aromatic rings. The highest BCUT2D eigenvalue weighted by atomic mass is 16.5. The molecule has 1 atom stereocenters. The Kier molecular flexibility index (Phi) is 7.67. The maximum Gasteiger partial charge on any atom is 0.352 e. The van der Waals surface area contributed by atoms with E-state index in [-0.39, 0.29) is 18.3 Å². The lowest BCUT2D eigenvalue weighted by Gasteiger charge is -2.16. The van der Waals surface area contributed by atoms with E-state index in [1.165, 1.54) is 0 Å². The molecule has 0 saturated heterocycles. The predicted molar refractivity (Wildman–Crippen MR) is 143 cm³/mol. The van der Waals surface area contributed by atoms with Gasteiger partial charge in [0.15, 0.2) is 0 Å². The van der Waals surface area contributed by atoms with Crippen LogP contribution in [-0.4, -0.2) is 27.4 Å². The molecule has 3 aromatic carbocycles. The molecule has 0 aliphatic carbocycles. The normalized spacial score (nSPS) is 11.8. The number of rotatable bonds is 8. The van der Waals surface area contributed by atoms with E-state index >= 15 is 0 Å². The van der Waals surface area contributed by atoms with E-state index in [1.807, 2.05) is 49.4 Å². The van der Waals surface area contributed by atoms with E-state index in [2.05, 4.69) is 24.3 Å². The van der Waals surface area contributed by atoms with Crippen molar-refractivity contribution in [3.8, 4) is 11.4 Å². The zero-order valence-electron chi connectivity index (χ0n) is 21.3. The third-order valence-electron chi connectivity index (χ3n) is 6.20. The molecule has 0 radical (unpaired) electrons. The van der Waals surface area contributed by atoms with Crippen LogP contribution >= 0.6 is 0 Å². The van der Waals surface area contributed by atoms with Gasteiger partial charge in [-0.1, -0.05) is 68.4 Å². The fourth-order valence-electron chi connectivity index (χ4n) is 4.01. The van der Waals surface area contributed by atoms with Crippen molar-refractivity contribution in [3.05, 3.63) is 122 Å². The summed E-state index contributed by atoms with van der Waals surface area (Å²) in [5, 5.41) is 7.07. The summed E-state index contributed by atoms with van der Waals surface area (Å²) in [4.78, 5) is 40.2. The second-order valence-electron chi connectivity index (χ2n) is 9.14. The van der Waals surface area contributed by atoms with Crippen LogP contribution < -0.4 is 21.3 Å². The third kappa shape index (κ3) is 5.69. The minimum Gasteiger partial charge on any atom is -0.497 e. The highest BCUT2D eigenvalue weighted by molar-refractivity contribution is 5.92. The first-order valence-corrected chi connectivity index (χ1v) is 12.1. The number of benzene rings is 3. The van der Waals surface area contributed by atoms with Crippen LogP contribution in [-0.2, 0) is 6.54 Å². The summed E-state index contributed by atoms with van der Waals surface area (Å²) in [5.41, 5.74) is 1.34. The highest BCUT2D eigenvalue weighted by Gasteiger charge is 2.22. The summed E-state index contributed by atoms with van der Waals surface area (Å²) >= 11 is 0. The minimum atomic E-state index is -0.763. The van der Waals surface area contributed by atoms with Crippen molar-refractivity contribution in [2.45, 2.75) is 39.3 Å². The van der Waals surface area contributed by atoms with Crippen LogP contribution in [0.15, 0.2) is 88.5 Å². The first-order valence-electron chi connectivity index (χ1n) is 12.1. The molecule has 0 saturated carbocycles. The standard InChI is InChI=1S/C29H30N4O4/c1-19(2)22-13-15-24(16-14-22)33-29(36)32(18-21-9-8-12-25(17-21)37-4)28(35)26(31-33)27(34)30-20(3)23-10-6-5-7-11-23/h5-17,19-20H,18H2,1-4H3,(H,30,34). The molecule has 1 unspecified atom stereocenters. The molecule has 0 aliphatic heterocycles. The summed E-state index contributed by atoms with van der Waals surface area (Å²) in [7, 11) is 1.54. The Morgan fingerprint density at radius 1 is 0.919 bits per heavy atom. The summed E-state index contributed by atoms with van der Waals surface area (Å²) in [6.07, 6.45) is 0. The van der Waals surface area contributed by atoms with Gasteiger partial charge in [-0.05, 0) is 53.8 Å². The molecule has 0 bridgehead atoms. The Hall–Kier alpha value is -4.46. The summed E-state index contributed by atoms with van der Waals surface area (Å²) in [6.45, 7) is 5.92. The Morgan fingerprint density at radius 3 is 2.27 bits per heavy atom. The van der Waals surface area contributed by atoms with Gasteiger partial charge in [-0.25, -0.2) is 4.79 Å². The molecule has 8 heteroatoms. The van der Waals surface area contributed by atoms with E-state index in [4.69, 9.17) is 4.74 Å². The number of carbonyl (C=O) groups excluding carboxylic acids is 1. The van der Waals surface area contributed by atoms with Crippen molar-refractivity contribution in [2.24, 2.45) is 0 Å². The van der Waals surface area contributed by atoms with Gasteiger partial charge in [0.05, 0.1) is 25.4 Å². The molecule has 37 heavy (non-hydrogen) atoms.